The number of aliphatic hydroxyl groups excluding tert-OH is 1. The second kappa shape index (κ2) is 3.57. The second-order valence-electron chi connectivity index (χ2n) is 2.89. The Kier molecular flexibility index (Phi) is 2.41. The molecule has 14 heavy (non-hydrogen) atoms. The van der Waals surface area contributed by atoms with E-state index in [0.29, 0.717) is 10.7 Å². The van der Waals surface area contributed by atoms with Crippen LogP contribution in [0.4, 0.5) is 5.69 Å². The third kappa shape index (κ3) is 1.59. The zero-order valence-corrected chi connectivity index (χ0v) is 7.94. The van der Waals surface area contributed by atoms with Crippen molar-refractivity contribution in [1.82, 2.24) is 0 Å². The van der Waals surface area contributed by atoms with Gasteiger partial charge >= 0.3 is 0 Å². The number of carbonyl (C=O) groups excluding carboxylic acids is 1. The maximum atomic E-state index is 11.3. The van der Waals surface area contributed by atoms with Crippen LogP contribution in [0, 0.1) is 0 Å². The molecule has 1 aliphatic heterocycles. The predicted octanol–water partition coefficient (Wildman–Crippen LogP) is 0.979. The molecule has 0 saturated carbocycles. The molecule has 1 saturated heterocycles. The second-order valence-corrected chi connectivity index (χ2v) is 3.33. The summed E-state index contributed by atoms with van der Waals surface area (Å²) in [4.78, 5) is 12.7. The van der Waals surface area contributed by atoms with E-state index in [1.165, 1.54) is 4.90 Å². The van der Waals surface area contributed by atoms with Gasteiger partial charge in [-0.2, -0.15) is 0 Å². The first-order valence-corrected chi connectivity index (χ1v) is 4.43. The quantitative estimate of drug-likeness (QED) is 0.757. The zero-order valence-electron chi connectivity index (χ0n) is 7.18. The summed E-state index contributed by atoms with van der Waals surface area (Å²) >= 11 is 5.77. The highest BCUT2D eigenvalue weighted by Crippen LogP contribution is 2.23. The van der Waals surface area contributed by atoms with Gasteiger partial charge in [-0.3, -0.25) is 9.69 Å². The van der Waals surface area contributed by atoms with Gasteiger partial charge in [0.25, 0.3) is 5.91 Å². The van der Waals surface area contributed by atoms with Crippen LogP contribution in [0.5, 0.6) is 0 Å². The molecular weight excluding hydrogens is 206 g/mol. The Balaban J connectivity index is 2.28. The topological polar surface area (TPSA) is 49.8 Å². The largest absolute Gasteiger partial charge is 0.360 e. The van der Waals surface area contributed by atoms with Crippen LogP contribution in [0.2, 0.25) is 5.02 Å². The smallest absolute Gasteiger partial charge is 0.285 e. The van der Waals surface area contributed by atoms with Crippen LogP contribution in [0.15, 0.2) is 24.3 Å². The molecule has 1 aromatic rings. The normalized spacial score (nSPS) is 21.7. The van der Waals surface area contributed by atoms with Crippen molar-refractivity contribution >= 4 is 23.2 Å². The summed E-state index contributed by atoms with van der Waals surface area (Å²) in [6, 6.07) is 6.81. The number of anilines is 1. The standard InChI is InChI=1S/C9H8ClNO3/c10-6-2-1-3-7(4-6)11-5-14-9(13)8(11)12/h1-4,9,13H,5H2. The number of ether oxygens (including phenoxy) is 1. The maximum Gasteiger partial charge on any atom is 0.285 e. The number of hydrogen-bond acceptors (Lipinski definition) is 3. The van der Waals surface area contributed by atoms with Gasteiger partial charge < -0.3 is 9.84 Å². The van der Waals surface area contributed by atoms with Crippen molar-refractivity contribution in [1.29, 1.82) is 0 Å². The van der Waals surface area contributed by atoms with E-state index in [1.807, 2.05) is 0 Å². The highest BCUT2D eigenvalue weighted by molar-refractivity contribution is 6.30. The predicted molar refractivity (Wildman–Crippen MR) is 50.9 cm³/mol. The van der Waals surface area contributed by atoms with E-state index in [0.717, 1.165) is 0 Å². The molecule has 1 amide bonds. The molecule has 1 atom stereocenters. The molecule has 2 rings (SSSR count). The van der Waals surface area contributed by atoms with Gasteiger partial charge in [-0.05, 0) is 18.2 Å². The number of hydrogen-bond donors (Lipinski definition) is 1. The lowest BCUT2D eigenvalue weighted by molar-refractivity contribution is -0.139. The van der Waals surface area contributed by atoms with Crippen LogP contribution < -0.4 is 4.90 Å². The monoisotopic (exact) mass is 213 g/mol. The molecule has 1 unspecified atom stereocenters. The lowest BCUT2D eigenvalue weighted by Gasteiger charge is -2.13. The highest BCUT2D eigenvalue weighted by atomic mass is 35.5. The Morgan fingerprint density at radius 2 is 2.36 bits per heavy atom. The summed E-state index contributed by atoms with van der Waals surface area (Å²) in [7, 11) is 0. The van der Waals surface area contributed by atoms with E-state index >= 15 is 0 Å². The Morgan fingerprint density at radius 3 is 2.93 bits per heavy atom. The SMILES string of the molecule is O=C1C(O)OCN1c1cccc(Cl)c1. The Labute approximate surface area is 85.7 Å². The Bertz CT molecular complexity index is 369. The van der Waals surface area contributed by atoms with Crippen molar-refractivity contribution in [3.05, 3.63) is 29.3 Å². The van der Waals surface area contributed by atoms with Crippen molar-refractivity contribution in [2.45, 2.75) is 6.29 Å². The van der Waals surface area contributed by atoms with Gasteiger partial charge in [0.05, 0.1) is 0 Å². The molecule has 1 fully saturated rings. The molecule has 74 valence electrons. The molecule has 0 aromatic heterocycles. The average Bonchev–Trinajstić information content (AvgIpc) is 2.48. The summed E-state index contributed by atoms with van der Waals surface area (Å²) < 4.78 is 4.76. The van der Waals surface area contributed by atoms with Crippen LogP contribution in [-0.4, -0.2) is 24.0 Å². The third-order valence-electron chi connectivity index (χ3n) is 1.96. The van der Waals surface area contributed by atoms with Crippen molar-refractivity contribution in [2.24, 2.45) is 0 Å². The summed E-state index contributed by atoms with van der Waals surface area (Å²) in [5.41, 5.74) is 0.624. The van der Waals surface area contributed by atoms with E-state index in [9.17, 15) is 4.79 Å². The lowest BCUT2D eigenvalue weighted by atomic mass is 10.3. The molecule has 0 radical (unpaired) electrons. The molecule has 1 aromatic carbocycles. The lowest BCUT2D eigenvalue weighted by Crippen LogP contribution is -2.28. The van der Waals surface area contributed by atoms with E-state index in [2.05, 4.69) is 0 Å². The minimum Gasteiger partial charge on any atom is -0.360 e. The van der Waals surface area contributed by atoms with E-state index in [1.54, 1.807) is 24.3 Å². The van der Waals surface area contributed by atoms with Gasteiger partial charge in [0.2, 0.25) is 6.29 Å². The summed E-state index contributed by atoms with van der Waals surface area (Å²) in [6.45, 7) is 0.0559. The molecule has 0 bridgehead atoms. The third-order valence-corrected chi connectivity index (χ3v) is 2.19. The van der Waals surface area contributed by atoms with Crippen LogP contribution in [-0.2, 0) is 9.53 Å². The van der Waals surface area contributed by atoms with Crippen molar-refractivity contribution < 1.29 is 14.6 Å². The summed E-state index contributed by atoms with van der Waals surface area (Å²) in [5.74, 6) is -0.465. The maximum absolute atomic E-state index is 11.3. The molecule has 0 aliphatic carbocycles. The number of carbonyl (C=O) groups is 1. The Morgan fingerprint density at radius 1 is 1.57 bits per heavy atom. The van der Waals surface area contributed by atoms with E-state index < -0.39 is 12.2 Å². The minimum absolute atomic E-state index is 0.0559. The van der Waals surface area contributed by atoms with Crippen LogP contribution >= 0.6 is 11.6 Å². The van der Waals surface area contributed by atoms with Crippen LogP contribution in [0.3, 0.4) is 0 Å². The van der Waals surface area contributed by atoms with Gasteiger partial charge in [0.15, 0.2) is 0 Å². The fraction of sp³-hybridized carbons (Fsp3) is 0.222. The van der Waals surface area contributed by atoms with Gasteiger partial charge in [0.1, 0.15) is 6.73 Å². The first-order chi connectivity index (χ1) is 6.68. The van der Waals surface area contributed by atoms with Gasteiger partial charge in [-0.1, -0.05) is 17.7 Å². The van der Waals surface area contributed by atoms with Gasteiger partial charge in [0, 0.05) is 10.7 Å². The number of rotatable bonds is 1. The zero-order chi connectivity index (χ0) is 10.1. The highest BCUT2D eigenvalue weighted by Gasteiger charge is 2.31. The number of nitrogens with zero attached hydrogens (tertiary/aromatic N) is 1. The molecule has 5 heteroatoms. The van der Waals surface area contributed by atoms with Gasteiger partial charge in [-0.15, -0.1) is 0 Å². The number of halogens is 1. The number of amides is 1. The minimum atomic E-state index is -1.35. The number of benzene rings is 1. The molecule has 0 spiro atoms. The average molecular weight is 214 g/mol. The molecule has 1 heterocycles. The fourth-order valence-corrected chi connectivity index (χ4v) is 1.44. The molecule has 1 aliphatic rings. The molecular formula is C9H8ClNO3. The number of aliphatic hydroxyl groups is 1. The van der Waals surface area contributed by atoms with Crippen molar-refractivity contribution in [3.63, 3.8) is 0 Å². The summed E-state index contributed by atoms with van der Waals surface area (Å²) in [5, 5.41) is 9.59. The molecule has 1 N–H and O–H groups in total. The first kappa shape index (κ1) is 9.45. The van der Waals surface area contributed by atoms with Crippen molar-refractivity contribution in [2.75, 3.05) is 11.6 Å². The van der Waals surface area contributed by atoms with E-state index in [4.69, 9.17) is 21.4 Å². The summed E-state index contributed by atoms with van der Waals surface area (Å²) in [6.07, 6.45) is -1.35. The first-order valence-electron chi connectivity index (χ1n) is 4.05. The Hall–Kier alpha value is -1.10. The van der Waals surface area contributed by atoms with Crippen molar-refractivity contribution in [3.8, 4) is 0 Å². The molecule has 4 nitrogen and oxygen atoms in total. The van der Waals surface area contributed by atoms with Crippen LogP contribution in [0.1, 0.15) is 0 Å². The van der Waals surface area contributed by atoms with Crippen LogP contribution in [0.25, 0.3) is 0 Å². The fourth-order valence-electron chi connectivity index (χ4n) is 1.26. The van der Waals surface area contributed by atoms with Gasteiger partial charge in [-0.25, -0.2) is 0 Å². The van der Waals surface area contributed by atoms with E-state index in [-0.39, 0.29) is 6.73 Å².